The quantitative estimate of drug-likeness (QED) is 0.442. The van der Waals surface area contributed by atoms with Crippen molar-refractivity contribution in [1.29, 1.82) is 0 Å². The van der Waals surface area contributed by atoms with E-state index >= 15 is 0 Å². The van der Waals surface area contributed by atoms with Crippen molar-refractivity contribution in [3.05, 3.63) is 101 Å². The van der Waals surface area contributed by atoms with Crippen LogP contribution in [0.25, 0.3) is 5.65 Å². The summed E-state index contributed by atoms with van der Waals surface area (Å²) in [5.41, 5.74) is 1.72. The number of pyridine rings is 1. The van der Waals surface area contributed by atoms with Gasteiger partial charge in [-0.3, -0.25) is 14.0 Å². The summed E-state index contributed by atoms with van der Waals surface area (Å²) in [5.74, 6) is -0.0414. The standard InChI is InChI=1S/C23H18FN3O3S/c24-16-6-5-7-18(12-16)30-14-22(28)26-19-8-1-2-9-20(19)31-15-17-13-23(29)27-11-4-3-10-21(27)25-17/h1-13H,14-15H2,(H,26,28). The molecule has 2 aromatic carbocycles. The number of hydrogen-bond donors (Lipinski definition) is 1. The molecule has 0 radical (unpaired) electrons. The first kappa shape index (κ1) is 20.6. The molecule has 0 saturated heterocycles. The topological polar surface area (TPSA) is 72.7 Å². The molecule has 2 aromatic heterocycles. The van der Waals surface area contributed by atoms with Gasteiger partial charge in [0.1, 0.15) is 17.2 Å². The number of benzene rings is 2. The average molecular weight is 435 g/mol. The molecule has 2 heterocycles. The molecule has 1 N–H and O–H groups in total. The Morgan fingerprint density at radius 3 is 2.77 bits per heavy atom. The van der Waals surface area contributed by atoms with Crippen LogP contribution in [0.2, 0.25) is 0 Å². The molecule has 0 aliphatic rings. The van der Waals surface area contributed by atoms with E-state index < -0.39 is 5.82 Å². The van der Waals surface area contributed by atoms with Gasteiger partial charge in [0.25, 0.3) is 11.5 Å². The Labute approximate surface area is 181 Å². The van der Waals surface area contributed by atoms with E-state index in [2.05, 4.69) is 10.3 Å². The Balaban J connectivity index is 1.41. The smallest absolute Gasteiger partial charge is 0.262 e. The third-order valence-electron chi connectivity index (χ3n) is 4.33. The second-order valence-electron chi connectivity index (χ2n) is 6.59. The summed E-state index contributed by atoms with van der Waals surface area (Å²) in [6.07, 6.45) is 1.68. The van der Waals surface area contributed by atoms with E-state index in [1.165, 1.54) is 40.4 Å². The molecule has 0 saturated carbocycles. The lowest BCUT2D eigenvalue weighted by molar-refractivity contribution is -0.118. The minimum atomic E-state index is -0.429. The predicted octanol–water partition coefficient (Wildman–Crippen LogP) is 4.14. The van der Waals surface area contributed by atoms with Crippen LogP contribution in [0.15, 0.2) is 88.7 Å². The normalized spacial score (nSPS) is 10.7. The molecular weight excluding hydrogens is 417 g/mol. The summed E-state index contributed by atoms with van der Waals surface area (Å²) < 4.78 is 20.0. The molecule has 31 heavy (non-hydrogen) atoms. The van der Waals surface area contributed by atoms with Gasteiger partial charge < -0.3 is 10.1 Å². The number of fused-ring (bicyclic) bond motifs is 1. The van der Waals surface area contributed by atoms with Crippen LogP contribution in [0.5, 0.6) is 5.75 Å². The van der Waals surface area contributed by atoms with Gasteiger partial charge in [0.05, 0.1) is 11.4 Å². The van der Waals surface area contributed by atoms with Crippen LogP contribution in [-0.2, 0) is 10.5 Å². The van der Waals surface area contributed by atoms with E-state index in [0.717, 1.165) is 4.90 Å². The van der Waals surface area contributed by atoms with Gasteiger partial charge in [0.15, 0.2) is 6.61 Å². The zero-order valence-corrected chi connectivity index (χ0v) is 17.1. The number of nitrogens with zero attached hydrogens (tertiary/aromatic N) is 2. The molecule has 4 rings (SSSR count). The number of hydrogen-bond acceptors (Lipinski definition) is 5. The fourth-order valence-electron chi connectivity index (χ4n) is 2.92. The van der Waals surface area contributed by atoms with E-state index in [9.17, 15) is 14.0 Å². The summed E-state index contributed by atoms with van der Waals surface area (Å²) >= 11 is 1.46. The van der Waals surface area contributed by atoms with Crippen LogP contribution in [0.4, 0.5) is 10.1 Å². The van der Waals surface area contributed by atoms with Crippen LogP contribution in [0.1, 0.15) is 5.69 Å². The first-order chi connectivity index (χ1) is 15.1. The second kappa shape index (κ2) is 9.44. The number of aromatic nitrogens is 2. The van der Waals surface area contributed by atoms with E-state index in [1.807, 2.05) is 24.3 Å². The highest BCUT2D eigenvalue weighted by molar-refractivity contribution is 7.98. The Bertz CT molecular complexity index is 1290. The zero-order valence-electron chi connectivity index (χ0n) is 16.3. The SMILES string of the molecule is O=C(COc1cccc(F)c1)Nc1ccccc1SCc1cc(=O)n2ccccc2n1. The maximum atomic E-state index is 13.2. The number of anilines is 1. The molecule has 0 unspecified atom stereocenters. The number of thioether (sulfide) groups is 1. The molecule has 0 atom stereocenters. The van der Waals surface area contributed by atoms with Crippen LogP contribution in [0.3, 0.4) is 0 Å². The monoisotopic (exact) mass is 435 g/mol. The predicted molar refractivity (Wildman–Crippen MR) is 118 cm³/mol. The minimum Gasteiger partial charge on any atom is -0.484 e. The first-order valence-electron chi connectivity index (χ1n) is 9.46. The van der Waals surface area contributed by atoms with Gasteiger partial charge in [0.2, 0.25) is 0 Å². The van der Waals surface area contributed by atoms with Gasteiger partial charge in [0, 0.05) is 29.0 Å². The van der Waals surface area contributed by atoms with Gasteiger partial charge in [-0.15, -0.1) is 11.8 Å². The van der Waals surface area contributed by atoms with Crippen LogP contribution in [-0.4, -0.2) is 21.9 Å². The molecule has 0 bridgehead atoms. The summed E-state index contributed by atoms with van der Waals surface area (Å²) in [5, 5.41) is 2.81. The van der Waals surface area contributed by atoms with Crippen molar-refractivity contribution in [2.75, 3.05) is 11.9 Å². The summed E-state index contributed by atoms with van der Waals surface area (Å²) in [6.45, 7) is -0.245. The van der Waals surface area contributed by atoms with Crippen LogP contribution < -0.4 is 15.6 Å². The number of ether oxygens (including phenoxy) is 1. The highest BCUT2D eigenvalue weighted by atomic mass is 32.2. The average Bonchev–Trinajstić information content (AvgIpc) is 2.77. The molecular formula is C23H18FN3O3S. The Morgan fingerprint density at radius 1 is 1.06 bits per heavy atom. The third-order valence-corrected chi connectivity index (χ3v) is 5.43. The second-order valence-corrected chi connectivity index (χ2v) is 7.61. The molecule has 0 spiro atoms. The van der Waals surface area contributed by atoms with E-state index in [-0.39, 0.29) is 23.8 Å². The van der Waals surface area contributed by atoms with Crippen molar-refractivity contribution in [2.24, 2.45) is 0 Å². The lowest BCUT2D eigenvalue weighted by Crippen LogP contribution is -2.20. The Morgan fingerprint density at radius 2 is 1.90 bits per heavy atom. The Hall–Kier alpha value is -3.65. The van der Waals surface area contributed by atoms with Crippen LogP contribution in [0, 0.1) is 5.82 Å². The Kier molecular flexibility index (Phi) is 6.28. The van der Waals surface area contributed by atoms with E-state index in [4.69, 9.17) is 4.74 Å². The van der Waals surface area contributed by atoms with Crippen molar-refractivity contribution < 1.29 is 13.9 Å². The fourth-order valence-corrected chi connectivity index (χ4v) is 3.82. The molecule has 8 heteroatoms. The van der Waals surface area contributed by atoms with Crippen molar-refractivity contribution in [3.63, 3.8) is 0 Å². The van der Waals surface area contributed by atoms with Crippen molar-refractivity contribution >= 4 is 29.0 Å². The number of halogens is 1. The maximum Gasteiger partial charge on any atom is 0.262 e. The number of carbonyl (C=O) groups excluding carboxylic acids is 1. The fraction of sp³-hybridized carbons (Fsp3) is 0.0870. The number of nitrogens with one attached hydrogen (secondary N) is 1. The number of amides is 1. The molecule has 6 nitrogen and oxygen atoms in total. The lowest BCUT2D eigenvalue weighted by Gasteiger charge is -2.11. The molecule has 0 aliphatic heterocycles. The number of carbonyl (C=O) groups is 1. The van der Waals surface area contributed by atoms with Crippen molar-refractivity contribution in [2.45, 2.75) is 10.6 Å². The first-order valence-corrected chi connectivity index (χ1v) is 10.4. The highest BCUT2D eigenvalue weighted by Crippen LogP contribution is 2.29. The van der Waals surface area contributed by atoms with E-state index in [1.54, 1.807) is 30.5 Å². The zero-order chi connectivity index (χ0) is 21.6. The van der Waals surface area contributed by atoms with Crippen molar-refractivity contribution in [3.8, 4) is 5.75 Å². The molecule has 0 aliphatic carbocycles. The molecule has 1 amide bonds. The highest BCUT2D eigenvalue weighted by Gasteiger charge is 2.10. The summed E-state index contributed by atoms with van der Waals surface area (Å²) in [6, 6.07) is 19.9. The van der Waals surface area contributed by atoms with E-state index in [0.29, 0.717) is 22.8 Å². The van der Waals surface area contributed by atoms with Crippen molar-refractivity contribution in [1.82, 2.24) is 9.38 Å². The van der Waals surface area contributed by atoms with Gasteiger partial charge in [-0.25, -0.2) is 9.37 Å². The van der Waals surface area contributed by atoms with Gasteiger partial charge in [-0.05, 0) is 36.4 Å². The third kappa shape index (κ3) is 5.29. The lowest BCUT2D eigenvalue weighted by atomic mass is 10.3. The van der Waals surface area contributed by atoms with Gasteiger partial charge in [-0.1, -0.05) is 24.3 Å². The molecule has 156 valence electrons. The van der Waals surface area contributed by atoms with Gasteiger partial charge in [-0.2, -0.15) is 0 Å². The molecule has 0 fully saturated rings. The maximum absolute atomic E-state index is 13.2. The minimum absolute atomic E-state index is 0.141. The number of para-hydroxylation sites is 1. The number of rotatable bonds is 7. The van der Waals surface area contributed by atoms with Gasteiger partial charge >= 0.3 is 0 Å². The summed E-state index contributed by atoms with van der Waals surface area (Å²) in [7, 11) is 0. The largest absolute Gasteiger partial charge is 0.484 e. The molecule has 4 aromatic rings. The van der Waals surface area contributed by atoms with Crippen LogP contribution >= 0.6 is 11.8 Å². The summed E-state index contributed by atoms with van der Waals surface area (Å²) in [4.78, 5) is 29.9.